The van der Waals surface area contributed by atoms with Crippen molar-refractivity contribution in [1.82, 2.24) is 0 Å². The van der Waals surface area contributed by atoms with Crippen LogP contribution in [-0.4, -0.2) is 18.1 Å². The fraction of sp³-hybridized carbons (Fsp3) is 0.0417. The zero-order valence-electron chi connectivity index (χ0n) is 15.7. The zero-order chi connectivity index (χ0) is 20.4. The zero-order valence-corrected chi connectivity index (χ0v) is 17.3. The summed E-state index contributed by atoms with van der Waals surface area (Å²) >= 11 is 3.48. The van der Waals surface area contributed by atoms with Gasteiger partial charge in [0.25, 0.3) is 5.91 Å². The molecule has 0 unspecified atom stereocenters. The van der Waals surface area contributed by atoms with Gasteiger partial charge in [-0.25, -0.2) is 0 Å². The van der Waals surface area contributed by atoms with E-state index in [4.69, 9.17) is 4.74 Å². The number of hydrogen-bond acceptors (Lipinski definition) is 3. The SMILES string of the molecule is COc1ccc(/C=C2\C=C(c3ccccc3)N(c3cccc(O)c3)C2=O)cc1Br. The quantitative estimate of drug-likeness (QED) is 0.526. The van der Waals surface area contributed by atoms with Crippen LogP contribution in [0.2, 0.25) is 0 Å². The van der Waals surface area contributed by atoms with Gasteiger partial charge in [0.05, 0.1) is 23.0 Å². The predicted octanol–water partition coefficient (Wildman–Crippen LogP) is 5.63. The maximum atomic E-state index is 13.3. The molecule has 0 saturated heterocycles. The molecular weight excluding hydrogens is 430 g/mol. The van der Waals surface area contributed by atoms with Crippen LogP contribution in [0.4, 0.5) is 5.69 Å². The maximum absolute atomic E-state index is 13.3. The largest absolute Gasteiger partial charge is 0.508 e. The van der Waals surface area contributed by atoms with Gasteiger partial charge in [0.2, 0.25) is 0 Å². The van der Waals surface area contributed by atoms with E-state index in [9.17, 15) is 9.90 Å². The average Bonchev–Trinajstić information content (AvgIpc) is 3.05. The molecule has 1 N–H and O–H groups in total. The van der Waals surface area contributed by atoms with E-state index in [-0.39, 0.29) is 11.7 Å². The number of anilines is 1. The number of phenols is 1. The Morgan fingerprint density at radius 1 is 1.00 bits per heavy atom. The average molecular weight is 448 g/mol. The van der Waals surface area contributed by atoms with Crippen molar-refractivity contribution >= 4 is 39.3 Å². The highest BCUT2D eigenvalue weighted by molar-refractivity contribution is 9.10. The van der Waals surface area contributed by atoms with Gasteiger partial charge in [0.1, 0.15) is 11.5 Å². The van der Waals surface area contributed by atoms with Crippen LogP contribution in [0.3, 0.4) is 0 Å². The van der Waals surface area contributed by atoms with Crippen molar-refractivity contribution in [2.75, 3.05) is 12.0 Å². The summed E-state index contributed by atoms with van der Waals surface area (Å²) in [6.07, 6.45) is 3.72. The summed E-state index contributed by atoms with van der Waals surface area (Å²) in [6.45, 7) is 0. The standard InChI is InChI=1S/C24H18BrNO3/c1-29-23-11-10-16(13-21(23)25)12-18-14-22(17-6-3-2-4-7-17)26(24(18)28)19-8-5-9-20(27)15-19/h2-15,27H,1H3/b18-12+. The van der Waals surface area contributed by atoms with Gasteiger partial charge < -0.3 is 9.84 Å². The molecule has 1 amide bonds. The maximum Gasteiger partial charge on any atom is 0.262 e. The molecule has 3 aromatic rings. The molecule has 29 heavy (non-hydrogen) atoms. The van der Waals surface area contributed by atoms with Crippen LogP contribution < -0.4 is 9.64 Å². The van der Waals surface area contributed by atoms with Crippen LogP contribution in [0.25, 0.3) is 11.8 Å². The van der Waals surface area contributed by atoms with E-state index in [1.165, 1.54) is 0 Å². The van der Waals surface area contributed by atoms with Crippen molar-refractivity contribution in [3.63, 3.8) is 0 Å². The van der Waals surface area contributed by atoms with Crippen molar-refractivity contribution in [2.24, 2.45) is 0 Å². The predicted molar refractivity (Wildman–Crippen MR) is 119 cm³/mol. The Hall–Kier alpha value is -3.31. The van der Waals surface area contributed by atoms with Crippen LogP contribution in [0.5, 0.6) is 11.5 Å². The van der Waals surface area contributed by atoms with Crippen LogP contribution in [-0.2, 0) is 4.79 Å². The summed E-state index contributed by atoms with van der Waals surface area (Å²) in [5.41, 5.74) is 3.74. The molecule has 144 valence electrons. The van der Waals surface area contributed by atoms with Crippen LogP contribution >= 0.6 is 15.9 Å². The van der Waals surface area contributed by atoms with Crippen molar-refractivity contribution in [2.45, 2.75) is 0 Å². The molecule has 1 aliphatic rings. The molecule has 0 fully saturated rings. The summed E-state index contributed by atoms with van der Waals surface area (Å²) in [5.74, 6) is 0.687. The number of aromatic hydroxyl groups is 1. The van der Waals surface area contributed by atoms with Crippen molar-refractivity contribution < 1.29 is 14.6 Å². The third-order valence-corrected chi connectivity index (χ3v) is 5.26. The Morgan fingerprint density at radius 3 is 2.48 bits per heavy atom. The molecule has 4 nitrogen and oxygen atoms in total. The number of ether oxygens (including phenoxy) is 1. The summed E-state index contributed by atoms with van der Waals surface area (Å²) in [5, 5.41) is 9.91. The highest BCUT2D eigenvalue weighted by Gasteiger charge is 2.30. The van der Waals surface area contributed by atoms with Gasteiger partial charge in [-0.2, -0.15) is 0 Å². The molecule has 0 spiro atoms. The molecule has 5 heteroatoms. The first kappa shape index (κ1) is 19.0. The molecule has 0 radical (unpaired) electrons. The Bertz CT molecular complexity index is 1140. The topological polar surface area (TPSA) is 49.8 Å². The van der Waals surface area contributed by atoms with E-state index in [0.29, 0.717) is 11.3 Å². The van der Waals surface area contributed by atoms with Crippen molar-refractivity contribution in [1.29, 1.82) is 0 Å². The number of benzene rings is 3. The van der Waals surface area contributed by atoms with Gasteiger partial charge in [-0.3, -0.25) is 9.69 Å². The Labute approximate surface area is 177 Å². The van der Waals surface area contributed by atoms with Gasteiger partial charge in [0.15, 0.2) is 0 Å². The number of phenolic OH excluding ortho intramolecular Hbond substituents is 1. The van der Waals surface area contributed by atoms with Crippen molar-refractivity contribution in [3.8, 4) is 11.5 Å². The molecule has 4 rings (SSSR count). The van der Waals surface area contributed by atoms with Gasteiger partial charge >= 0.3 is 0 Å². The van der Waals surface area contributed by atoms with E-state index < -0.39 is 0 Å². The number of halogens is 1. The first-order chi connectivity index (χ1) is 14.1. The van der Waals surface area contributed by atoms with Gasteiger partial charge in [-0.15, -0.1) is 0 Å². The van der Waals surface area contributed by atoms with Gasteiger partial charge in [-0.05, 0) is 63.5 Å². The normalized spacial score (nSPS) is 15.0. The molecule has 0 aliphatic carbocycles. The van der Waals surface area contributed by atoms with E-state index in [1.54, 1.807) is 36.3 Å². The summed E-state index contributed by atoms with van der Waals surface area (Å²) in [6, 6.07) is 22.1. The third kappa shape index (κ3) is 3.82. The highest BCUT2D eigenvalue weighted by Crippen LogP contribution is 2.36. The number of carbonyl (C=O) groups is 1. The molecule has 0 saturated carbocycles. The number of carbonyl (C=O) groups excluding carboxylic acids is 1. The highest BCUT2D eigenvalue weighted by atomic mass is 79.9. The lowest BCUT2D eigenvalue weighted by atomic mass is 10.1. The lowest BCUT2D eigenvalue weighted by Crippen LogP contribution is -2.24. The minimum Gasteiger partial charge on any atom is -0.508 e. The lowest BCUT2D eigenvalue weighted by molar-refractivity contribution is -0.113. The summed E-state index contributed by atoms with van der Waals surface area (Å²) in [7, 11) is 1.61. The Morgan fingerprint density at radius 2 is 1.79 bits per heavy atom. The Balaban J connectivity index is 1.81. The molecule has 1 aliphatic heterocycles. The first-order valence-corrected chi connectivity index (χ1v) is 9.82. The number of rotatable bonds is 4. The van der Waals surface area contributed by atoms with Crippen LogP contribution in [0.1, 0.15) is 11.1 Å². The molecule has 1 heterocycles. The number of amides is 1. The first-order valence-electron chi connectivity index (χ1n) is 9.02. The second-order valence-corrected chi connectivity index (χ2v) is 7.40. The van der Waals surface area contributed by atoms with E-state index in [0.717, 1.165) is 27.0 Å². The molecule has 0 aromatic heterocycles. The van der Waals surface area contributed by atoms with E-state index >= 15 is 0 Å². The van der Waals surface area contributed by atoms with Gasteiger partial charge in [0, 0.05) is 11.6 Å². The van der Waals surface area contributed by atoms with Gasteiger partial charge in [-0.1, -0.05) is 42.5 Å². The number of hydrogen-bond donors (Lipinski definition) is 1. The second-order valence-electron chi connectivity index (χ2n) is 6.55. The van der Waals surface area contributed by atoms with Crippen molar-refractivity contribution in [3.05, 3.63) is 100 Å². The Kier molecular flexibility index (Phi) is 5.23. The summed E-state index contributed by atoms with van der Waals surface area (Å²) < 4.78 is 6.09. The molecule has 3 aromatic carbocycles. The minimum atomic E-state index is -0.151. The minimum absolute atomic E-state index is 0.110. The smallest absolute Gasteiger partial charge is 0.262 e. The molecule has 0 bridgehead atoms. The van der Waals surface area contributed by atoms with E-state index in [1.807, 2.05) is 60.7 Å². The summed E-state index contributed by atoms with van der Waals surface area (Å²) in [4.78, 5) is 14.9. The fourth-order valence-corrected chi connectivity index (χ4v) is 3.84. The third-order valence-electron chi connectivity index (χ3n) is 4.64. The van der Waals surface area contributed by atoms with Crippen LogP contribution in [0.15, 0.2) is 88.9 Å². The number of nitrogens with zero attached hydrogens (tertiary/aromatic N) is 1. The van der Waals surface area contributed by atoms with E-state index in [2.05, 4.69) is 15.9 Å². The molecule has 0 atom stereocenters. The monoisotopic (exact) mass is 447 g/mol. The van der Waals surface area contributed by atoms with Crippen LogP contribution in [0, 0.1) is 0 Å². The lowest BCUT2D eigenvalue weighted by Gasteiger charge is -2.21. The number of methoxy groups -OCH3 is 1. The fourth-order valence-electron chi connectivity index (χ4n) is 3.28. The second kappa shape index (κ2) is 7.97. The molecular formula is C24H18BrNO3.